The molecule has 0 atom stereocenters. The van der Waals surface area contributed by atoms with E-state index in [1.807, 2.05) is 7.05 Å². The minimum absolute atomic E-state index is 0.145. The van der Waals surface area contributed by atoms with Gasteiger partial charge in [-0.05, 0) is 45.6 Å². The van der Waals surface area contributed by atoms with E-state index in [1.165, 1.54) is 19.3 Å². The van der Waals surface area contributed by atoms with Crippen molar-refractivity contribution >= 4 is 23.8 Å². The molecular formula is C22H38N8O. The van der Waals surface area contributed by atoms with E-state index in [0.717, 1.165) is 70.7 Å². The van der Waals surface area contributed by atoms with Gasteiger partial charge in [-0.3, -0.25) is 4.79 Å². The predicted octanol–water partition coefficient (Wildman–Crippen LogP) is 2.08. The monoisotopic (exact) mass is 430 g/mol. The van der Waals surface area contributed by atoms with Gasteiger partial charge in [0.1, 0.15) is 0 Å². The number of likely N-dealkylation sites (N-methyl/N-ethyl adjacent to an activating group) is 1. The largest absolute Gasteiger partial charge is 0.357 e. The molecule has 3 N–H and O–H groups in total. The Hall–Kier alpha value is -2.16. The Morgan fingerprint density at radius 3 is 2.19 bits per heavy atom. The number of carbonyl (C=O) groups excluding carboxylic acids is 1. The average Bonchev–Trinajstić information content (AvgIpc) is 2.80. The number of amides is 1. The molecule has 1 aliphatic heterocycles. The maximum Gasteiger partial charge on any atom is 0.232 e. The summed E-state index contributed by atoms with van der Waals surface area (Å²) in [6, 6.07) is 0.696. The first-order valence-electron chi connectivity index (χ1n) is 12.0. The van der Waals surface area contributed by atoms with Gasteiger partial charge in [0.05, 0.1) is 0 Å². The zero-order valence-corrected chi connectivity index (χ0v) is 19.1. The molecule has 4 rings (SSSR count). The first-order chi connectivity index (χ1) is 15.1. The Kier molecular flexibility index (Phi) is 7.42. The van der Waals surface area contributed by atoms with Crippen molar-refractivity contribution < 1.29 is 4.79 Å². The van der Waals surface area contributed by atoms with Crippen molar-refractivity contribution in [3.05, 3.63) is 0 Å². The van der Waals surface area contributed by atoms with E-state index in [0.29, 0.717) is 24.0 Å². The minimum atomic E-state index is 0.145. The van der Waals surface area contributed by atoms with Crippen LogP contribution in [0.15, 0.2) is 0 Å². The minimum Gasteiger partial charge on any atom is -0.357 e. The third-order valence-corrected chi connectivity index (χ3v) is 7.02. The van der Waals surface area contributed by atoms with Crippen LogP contribution in [0.4, 0.5) is 17.8 Å². The van der Waals surface area contributed by atoms with Gasteiger partial charge in [-0.1, -0.05) is 19.3 Å². The van der Waals surface area contributed by atoms with Gasteiger partial charge in [0.15, 0.2) is 0 Å². The molecule has 3 aliphatic rings. The molecule has 0 aromatic carbocycles. The van der Waals surface area contributed by atoms with Crippen molar-refractivity contribution in [2.75, 3.05) is 55.8 Å². The molecule has 1 amide bonds. The molecule has 1 aromatic heterocycles. The van der Waals surface area contributed by atoms with E-state index in [1.54, 1.807) is 0 Å². The summed E-state index contributed by atoms with van der Waals surface area (Å²) in [5.41, 5.74) is 0. The third kappa shape index (κ3) is 5.96. The van der Waals surface area contributed by atoms with Crippen LogP contribution in [0, 0.1) is 5.92 Å². The molecule has 2 aliphatic carbocycles. The second-order valence-corrected chi connectivity index (χ2v) is 9.36. The highest BCUT2D eigenvalue weighted by Gasteiger charge is 2.28. The zero-order chi connectivity index (χ0) is 21.6. The fraction of sp³-hybridized carbons (Fsp3) is 0.818. The lowest BCUT2D eigenvalue weighted by atomic mass is 9.85. The van der Waals surface area contributed by atoms with E-state index < -0.39 is 0 Å². The van der Waals surface area contributed by atoms with Crippen molar-refractivity contribution in [2.24, 2.45) is 5.92 Å². The maximum atomic E-state index is 12.7. The summed E-state index contributed by atoms with van der Waals surface area (Å²) in [7, 11) is 3.98. The summed E-state index contributed by atoms with van der Waals surface area (Å²) in [4.78, 5) is 31.0. The SMILES string of the molecule is CNc1nc(N[C@H]2CC[C@@H](C(=O)NC3CCCCC3)CC2)nc(N2CCN(C)CC2)n1. The molecule has 3 fully saturated rings. The smallest absolute Gasteiger partial charge is 0.232 e. The van der Waals surface area contributed by atoms with E-state index in [2.05, 4.69) is 42.8 Å². The Morgan fingerprint density at radius 1 is 0.839 bits per heavy atom. The summed E-state index contributed by atoms with van der Waals surface area (Å²) < 4.78 is 0. The molecular weight excluding hydrogens is 392 g/mol. The second-order valence-electron chi connectivity index (χ2n) is 9.36. The fourth-order valence-electron chi connectivity index (χ4n) is 4.94. The van der Waals surface area contributed by atoms with Gasteiger partial charge in [-0.15, -0.1) is 0 Å². The van der Waals surface area contributed by atoms with Crippen LogP contribution in [0.2, 0.25) is 0 Å². The van der Waals surface area contributed by atoms with Crippen molar-refractivity contribution in [3.8, 4) is 0 Å². The van der Waals surface area contributed by atoms with E-state index in [9.17, 15) is 4.79 Å². The summed E-state index contributed by atoms with van der Waals surface area (Å²) in [5.74, 6) is 2.36. The predicted molar refractivity (Wildman–Crippen MR) is 123 cm³/mol. The quantitative estimate of drug-likeness (QED) is 0.631. The molecule has 9 nitrogen and oxygen atoms in total. The molecule has 2 saturated carbocycles. The van der Waals surface area contributed by atoms with E-state index >= 15 is 0 Å². The molecule has 1 aromatic rings. The summed E-state index contributed by atoms with van der Waals surface area (Å²) >= 11 is 0. The second kappa shape index (κ2) is 10.4. The number of carbonyl (C=O) groups is 1. The standard InChI is InChI=1S/C22H38N8O/c1-23-20-26-21(28-22(27-20)30-14-12-29(2)13-15-30)25-18-10-8-16(9-11-18)19(31)24-17-6-4-3-5-7-17/h16-18H,3-15H2,1-2H3,(H,24,31)(H2,23,25,26,27,28)/t16-,18+. The van der Waals surface area contributed by atoms with Gasteiger partial charge in [-0.25, -0.2) is 0 Å². The van der Waals surface area contributed by atoms with Crippen LogP contribution >= 0.6 is 0 Å². The number of nitrogens with zero attached hydrogens (tertiary/aromatic N) is 5. The Morgan fingerprint density at radius 2 is 1.52 bits per heavy atom. The van der Waals surface area contributed by atoms with Crippen molar-refractivity contribution in [3.63, 3.8) is 0 Å². The van der Waals surface area contributed by atoms with Gasteiger partial charge in [0.2, 0.25) is 23.8 Å². The lowest BCUT2D eigenvalue weighted by molar-refractivity contribution is -0.126. The first-order valence-corrected chi connectivity index (χ1v) is 12.0. The lowest BCUT2D eigenvalue weighted by Gasteiger charge is -2.33. The van der Waals surface area contributed by atoms with Gasteiger partial charge >= 0.3 is 0 Å². The van der Waals surface area contributed by atoms with Crippen LogP contribution in [0.3, 0.4) is 0 Å². The Labute approximate surface area is 185 Å². The van der Waals surface area contributed by atoms with Gasteiger partial charge < -0.3 is 25.8 Å². The molecule has 0 unspecified atom stereocenters. The molecule has 0 bridgehead atoms. The number of hydrogen-bond acceptors (Lipinski definition) is 8. The number of aromatic nitrogens is 3. The highest BCUT2D eigenvalue weighted by atomic mass is 16.1. The third-order valence-electron chi connectivity index (χ3n) is 7.02. The lowest BCUT2D eigenvalue weighted by Crippen LogP contribution is -2.45. The van der Waals surface area contributed by atoms with Gasteiger partial charge in [0.25, 0.3) is 0 Å². The number of rotatable bonds is 6. The molecule has 0 radical (unpaired) electrons. The average molecular weight is 431 g/mol. The molecule has 31 heavy (non-hydrogen) atoms. The first kappa shape index (κ1) is 22.0. The number of anilines is 3. The summed E-state index contributed by atoms with van der Waals surface area (Å²) in [6.45, 7) is 3.86. The number of hydrogen-bond donors (Lipinski definition) is 3. The fourth-order valence-corrected chi connectivity index (χ4v) is 4.94. The Bertz CT molecular complexity index is 722. The van der Waals surface area contributed by atoms with Crippen LogP contribution < -0.4 is 20.9 Å². The van der Waals surface area contributed by atoms with Gasteiger partial charge in [0, 0.05) is 51.2 Å². The van der Waals surface area contributed by atoms with Crippen LogP contribution in [-0.4, -0.2) is 78.1 Å². The number of piperazine rings is 1. The number of nitrogens with one attached hydrogen (secondary N) is 3. The van der Waals surface area contributed by atoms with Crippen LogP contribution in [0.5, 0.6) is 0 Å². The summed E-state index contributed by atoms with van der Waals surface area (Å²) in [6.07, 6.45) is 9.87. The summed E-state index contributed by atoms with van der Waals surface area (Å²) in [5, 5.41) is 9.88. The maximum absolute atomic E-state index is 12.7. The topological polar surface area (TPSA) is 98.3 Å². The van der Waals surface area contributed by atoms with Gasteiger partial charge in [-0.2, -0.15) is 15.0 Å². The molecule has 1 saturated heterocycles. The van der Waals surface area contributed by atoms with Crippen LogP contribution in [0.25, 0.3) is 0 Å². The molecule has 9 heteroatoms. The van der Waals surface area contributed by atoms with E-state index in [-0.39, 0.29) is 11.8 Å². The molecule has 2 heterocycles. The highest BCUT2D eigenvalue weighted by Crippen LogP contribution is 2.28. The van der Waals surface area contributed by atoms with Crippen molar-refractivity contribution in [2.45, 2.75) is 69.9 Å². The van der Waals surface area contributed by atoms with Crippen LogP contribution in [0.1, 0.15) is 57.8 Å². The van der Waals surface area contributed by atoms with E-state index in [4.69, 9.17) is 4.98 Å². The normalized spacial score (nSPS) is 25.8. The molecule has 0 spiro atoms. The molecule has 172 valence electrons. The van der Waals surface area contributed by atoms with Crippen LogP contribution in [-0.2, 0) is 4.79 Å². The van der Waals surface area contributed by atoms with Crippen molar-refractivity contribution in [1.82, 2.24) is 25.2 Å². The zero-order valence-electron chi connectivity index (χ0n) is 19.1. The van der Waals surface area contributed by atoms with Crippen molar-refractivity contribution in [1.29, 1.82) is 0 Å². The highest BCUT2D eigenvalue weighted by molar-refractivity contribution is 5.79. The Balaban J connectivity index is 1.30.